The van der Waals surface area contributed by atoms with Gasteiger partial charge in [-0.2, -0.15) is 0 Å². The Bertz CT molecular complexity index is 766. The molecule has 108 valence electrons. The van der Waals surface area contributed by atoms with Crippen LogP contribution in [0.2, 0.25) is 0 Å². The molecular formula is C16H19N5. The average molecular weight is 281 g/mol. The number of aryl methyl sites for hydroxylation is 1. The zero-order valence-corrected chi connectivity index (χ0v) is 12.2. The summed E-state index contributed by atoms with van der Waals surface area (Å²) in [7, 11) is 1.98. The Morgan fingerprint density at radius 3 is 2.95 bits per heavy atom. The van der Waals surface area contributed by atoms with E-state index in [1.54, 1.807) is 6.33 Å². The van der Waals surface area contributed by atoms with Gasteiger partial charge in [0.2, 0.25) is 0 Å². The summed E-state index contributed by atoms with van der Waals surface area (Å²) in [6.45, 7) is 1.70. The predicted molar refractivity (Wildman–Crippen MR) is 81.9 cm³/mol. The Balaban J connectivity index is 1.64. The van der Waals surface area contributed by atoms with Gasteiger partial charge in [0, 0.05) is 36.7 Å². The molecule has 0 atom stereocenters. The van der Waals surface area contributed by atoms with Crippen LogP contribution in [-0.2, 0) is 20.1 Å². The Kier molecular flexibility index (Phi) is 3.00. The van der Waals surface area contributed by atoms with Gasteiger partial charge in [-0.25, -0.2) is 0 Å². The number of benzene rings is 1. The number of hydrogen-bond acceptors (Lipinski definition) is 3. The maximum Gasteiger partial charge on any atom is 0.152 e. The van der Waals surface area contributed by atoms with Crippen LogP contribution in [0.3, 0.4) is 0 Å². The summed E-state index contributed by atoms with van der Waals surface area (Å²) < 4.78 is 4.20. The third-order valence-electron chi connectivity index (χ3n) is 4.18. The van der Waals surface area contributed by atoms with Crippen molar-refractivity contribution in [1.82, 2.24) is 24.6 Å². The van der Waals surface area contributed by atoms with Crippen LogP contribution in [0.4, 0.5) is 0 Å². The fourth-order valence-corrected chi connectivity index (χ4v) is 2.72. The number of fused-ring (bicyclic) bond motifs is 1. The van der Waals surface area contributed by atoms with E-state index < -0.39 is 0 Å². The van der Waals surface area contributed by atoms with Crippen LogP contribution in [0, 0.1) is 0 Å². The lowest BCUT2D eigenvalue weighted by molar-refractivity contribution is 0.690. The van der Waals surface area contributed by atoms with E-state index in [2.05, 4.69) is 50.5 Å². The quantitative estimate of drug-likeness (QED) is 0.779. The average Bonchev–Trinajstić information content (AvgIpc) is 3.11. The van der Waals surface area contributed by atoms with Gasteiger partial charge in [-0.1, -0.05) is 12.1 Å². The largest absolute Gasteiger partial charge is 0.340 e. The molecule has 1 N–H and O–H groups in total. The van der Waals surface area contributed by atoms with Crippen molar-refractivity contribution in [2.75, 3.05) is 0 Å². The van der Waals surface area contributed by atoms with Crippen LogP contribution in [0.1, 0.15) is 24.2 Å². The minimum absolute atomic E-state index is 0.737. The minimum Gasteiger partial charge on any atom is -0.340 e. The van der Waals surface area contributed by atoms with Gasteiger partial charge in [-0.05, 0) is 30.5 Å². The minimum atomic E-state index is 0.737. The third kappa shape index (κ3) is 2.45. The molecule has 1 aliphatic carbocycles. The van der Waals surface area contributed by atoms with Crippen LogP contribution in [0.15, 0.2) is 36.8 Å². The number of aromatic nitrogens is 4. The molecule has 21 heavy (non-hydrogen) atoms. The van der Waals surface area contributed by atoms with E-state index in [0.29, 0.717) is 0 Å². The Hall–Kier alpha value is -2.14. The zero-order valence-electron chi connectivity index (χ0n) is 12.2. The lowest BCUT2D eigenvalue weighted by Gasteiger charge is -2.08. The molecule has 1 aromatic carbocycles. The lowest BCUT2D eigenvalue weighted by Crippen LogP contribution is -2.15. The zero-order chi connectivity index (χ0) is 14.2. The van der Waals surface area contributed by atoms with E-state index in [-0.39, 0.29) is 0 Å². The fourth-order valence-electron chi connectivity index (χ4n) is 2.72. The van der Waals surface area contributed by atoms with Crippen molar-refractivity contribution in [1.29, 1.82) is 0 Å². The van der Waals surface area contributed by atoms with Crippen LogP contribution in [-0.4, -0.2) is 25.4 Å². The summed E-state index contributed by atoms with van der Waals surface area (Å²) >= 11 is 0. The molecule has 1 fully saturated rings. The number of hydrogen-bond donors (Lipinski definition) is 1. The van der Waals surface area contributed by atoms with E-state index >= 15 is 0 Å². The van der Waals surface area contributed by atoms with Gasteiger partial charge in [-0.15, -0.1) is 10.2 Å². The summed E-state index contributed by atoms with van der Waals surface area (Å²) in [5.41, 5.74) is 2.63. The van der Waals surface area contributed by atoms with Gasteiger partial charge in [0.15, 0.2) is 5.82 Å². The predicted octanol–water partition coefficient (Wildman–Crippen LogP) is 2.07. The molecule has 0 spiro atoms. The summed E-state index contributed by atoms with van der Waals surface area (Å²) in [4.78, 5) is 0. The van der Waals surface area contributed by atoms with Crippen LogP contribution in [0.5, 0.6) is 0 Å². The van der Waals surface area contributed by atoms with Gasteiger partial charge in [0.25, 0.3) is 0 Å². The number of nitrogens with one attached hydrogen (secondary N) is 1. The molecule has 1 saturated carbocycles. The van der Waals surface area contributed by atoms with Crippen molar-refractivity contribution in [3.8, 4) is 0 Å². The van der Waals surface area contributed by atoms with Gasteiger partial charge in [-0.3, -0.25) is 0 Å². The molecule has 0 radical (unpaired) electrons. The van der Waals surface area contributed by atoms with E-state index in [9.17, 15) is 0 Å². The first-order valence-corrected chi connectivity index (χ1v) is 7.44. The van der Waals surface area contributed by atoms with Crippen LogP contribution < -0.4 is 5.32 Å². The van der Waals surface area contributed by atoms with Crippen molar-refractivity contribution in [2.24, 2.45) is 7.05 Å². The van der Waals surface area contributed by atoms with Crippen molar-refractivity contribution in [2.45, 2.75) is 32.0 Å². The molecule has 0 amide bonds. The SMILES string of the molecule is Cn1cnnc1Cn1ccc2c(CNC3CC3)cccc21. The van der Waals surface area contributed by atoms with E-state index in [1.807, 2.05) is 11.6 Å². The first-order valence-electron chi connectivity index (χ1n) is 7.44. The van der Waals surface area contributed by atoms with Crippen molar-refractivity contribution in [3.05, 3.63) is 48.2 Å². The van der Waals surface area contributed by atoms with E-state index in [1.165, 1.54) is 29.3 Å². The van der Waals surface area contributed by atoms with Gasteiger partial charge in [0.1, 0.15) is 6.33 Å². The third-order valence-corrected chi connectivity index (χ3v) is 4.18. The molecule has 5 nitrogen and oxygen atoms in total. The van der Waals surface area contributed by atoms with Crippen molar-refractivity contribution in [3.63, 3.8) is 0 Å². The highest BCUT2D eigenvalue weighted by molar-refractivity contribution is 5.83. The molecule has 0 bridgehead atoms. The second-order valence-electron chi connectivity index (χ2n) is 5.81. The van der Waals surface area contributed by atoms with Crippen LogP contribution in [0.25, 0.3) is 10.9 Å². The van der Waals surface area contributed by atoms with E-state index in [4.69, 9.17) is 0 Å². The first-order chi connectivity index (χ1) is 10.3. The van der Waals surface area contributed by atoms with Gasteiger partial charge in [0.05, 0.1) is 6.54 Å². The lowest BCUT2D eigenvalue weighted by atomic mass is 10.1. The maximum absolute atomic E-state index is 4.17. The maximum atomic E-state index is 4.17. The molecule has 4 rings (SSSR count). The smallest absolute Gasteiger partial charge is 0.152 e. The van der Waals surface area contributed by atoms with Gasteiger partial charge >= 0.3 is 0 Å². The number of rotatable bonds is 5. The summed E-state index contributed by atoms with van der Waals surface area (Å²) in [5.74, 6) is 0.967. The summed E-state index contributed by atoms with van der Waals surface area (Å²) in [5, 5.41) is 13.0. The molecule has 2 aromatic heterocycles. The Labute approximate surface area is 123 Å². The molecule has 0 saturated heterocycles. The van der Waals surface area contributed by atoms with Crippen LogP contribution >= 0.6 is 0 Å². The first kappa shape index (κ1) is 12.6. The highest BCUT2D eigenvalue weighted by Crippen LogP contribution is 2.23. The normalized spacial score (nSPS) is 14.9. The van der Waals surface area contributed by atoms with Crippen molar-refractivity contribution < 1.29 is 0 Å². The summed E-state index contributed by atoms with van der Waals surface area (Å²) in [6.07, 6.45) is 6.53. The topological polar surface area (TPSA) is 47.7 Å². The monoisotopic (exact) mass is 281 g/mol. The molecule has 5 heteroatoms. The molecule has 3 aromatic rings. The summed E-state index contributed by atoms with van der Waals surface area (Å²) in [6, 6.07) is 9.46. The highest BCUT2D eigenvalue weighted by Gasteiger charge is 2.20. The van der Waals surface area contributed by atoms with E-state index in [0.717, 1.165) is 25.0 Å². The molecule has 2 heterocycles. The van der Waals surface area contributed by atoms with Gasteiger partial charge < -0.3 is 14.5 Å². The number of nitrogens with zero attached hydrogens (tertiary/aromatic N) is 4. The second-order valence-corrected chi connectivity index (χ2v) is 5.81. The standard InChI is InChI=1S/C16H19N5/c1-20-11-18-19-16(20)10-21-8-7-14-12(3-2-4-15(14)21)9-17-13-5-6-13/h2-4,7-8,11,13,17H,5-6,9-10H2,1H3. The molecule has 0 aliphatic heterocycles. The van der Waals surface area contributed by atoms with Crippen molar-refractivity contribution >= 4 is 10.9 Å². The molecule has 0 unspecified atom stereocenters. The molecular weight excluding hydrogens is 262 g/mol. The highest BCUT2D eigenvalue weighted by atomic mass is 15.3. The second kappa shape index (κ2) is 5.00. The fraction of sp³-hybridized carbons (Fsp3) is 0.375. The Morgan fingerprint density at radius 2 is 2.19 bits per heavy atom. The Morgan fingerprint density at radius 1 is 1.29 bits per heavy atom. The molecule has 1 aliphatic rings.